The van der Waals surface area contributed by atoms with E-state index in [1.165, 1.54) is 11.3 Å². The van der Waals surface area contributed by atoms with Crippen molar-refractivity contribution in [3.63, 3.8) is 0 Å². The molecule has 0 saturated heterocycles. The van der Waals surface area contributed by atoms with Gasteiger partial charge in [-0.1, -0.05) is 11.3 Å². The van der Waals surface area contributed by atoms with E-state index in [0.717, 1.165) is 20.9 Å². The van der Waals surface area contributed by atoms with Crippen molar-refractivity contribution in [2.75, 3.05) is 6.61 Å². The zero-order chi connectivity index (χ0) is 15.1. The van der Waals surface area contributed by atoms with Crippen molar-refractivity contribution in [2.45, 2.75) is 13.5 Å². The van der Waals surface area contributed by atoms with E-state index in [1.807, 2.05) is 25.1 Å². The zero-order valence-electron chi connectivity index (χ0n) is 11.8. The first-order chi connectivity index (χ1) is 10.7. The molecule has 0 unspecified atom stereocenters. The Bertz CT molecular complexity index is 855. The number of hydrogen-bond donors (Lipinski definition) is 0. The van der Waals surface area contributed by atoms with Gasteiger partial charge in [0, 0.05) is 12.3 Å². The van der Waals surface area contributed by atoms with E-state index in [1.54, 1.807) is 12.3 Å². The molecule has 5 nitrogen and oxygen atoms in total. The summed E-state index contributed by atoms with van der Waals surface area (Å²) in [5.41, 5.74) is 2.42. The van der Waals surface area contributed by atoms with Crippen LogP contribution in [0.1, 0.15) is 20.9 Å². The van der Waals surface area contributed by atoms with Gasteiger partial charge in [0.25, 0.3) is 0 Å². The summed E-state index contributed by atoms with van der Waals surface area (Å²) in [5, 5.41) is 0.865. The Hall–Kier alpha value is -2.47. The maximum absolute atomic E-state index is 11.7. The summed E-state index contributed by atoms with van der Waals surface area (Å²) in [5.74, 6) is 1.31. The van der Waals surface area contributed by atoms with E-state index in [4.69, 9.17) is 9.47 Å². The van der Waals surface area contributed by atoms with Crippen LogP contribution in [-0.2, 0) is 6.61 Å². The van der Waals surface area contributed by atoms with Crippen molar-refractivity contribution in [3.8, 4) is 11.5 Å². The molecular weight excluding hydrogens is 300 g/mol. The first kappa shape index (κ1) is 13.2. The molecule has 3 aromatic rings. The van der Waals surface area contributed by atoms with E-state index in [9.17, 15) is 4.79 Å². The number of thiazole rings is 1. The van der Waals surface area contributed by atoms with E-state index >= 15 is 0 Å². The molecule has 0 aliphatic carbocycles. The normalized spacial score (nSPS) is 13.2. The highest BCUT2D eigenvalue weighted by molar-refractivity contribution is 7.18. The second kappa shape index (κ2) is 5.06. The number of ketones is 1. The number of fused-ring (bicyclic) bond motifs is 2. The third-order valence-electron chi connectivity index (χ3n) is 3.48. The highest BCUT2D eigenvalue weighted by Gasteiger charge is 2.24. The maximum Gasteiger partial charge on any atom is 0.204 e. The minimum absolute atomic E-state index is 0.0243. The van der Waals surface area contributed by atoms with Gasteiger partial charge < -0.3 is 9.47 Å². The topological polar surface area (TPSA) is 61.3 Å². The summed E-state index contributed by atoms with van der Waals surface area (Å²) in [6, 6.07) is 7.42. The Morgan fingerprint density at radius 1 is 1.41 bits per heavy atom. The van der Waals surface area contributed by atoms with Gasteiger partial charge in [-0.2, -0.15) is 0 Å². The van der Waals surface area contributed by atoms with Crippen molar-refractivity contribution in [1.82, 2.24) is 9.97 Å². The molecule has 0 fully saturated rings. The van der Waals surface area contributed by atoms with Crippen molar-refractivity contribution in [3.05, 3.63) is 46.6 Å². The quantitative estimate of drug-likeness (QED) is 0.743. The summed E-state index contributed by atoms with van der Waals surface area (Å²) in [7, 11) is 0. The SMILES string of the molecule is Cc1cc(OCc2nc3cccnc3s2)cc2c1C(=O)CO2. The molecule has 2 aromatic heterocycles. The lowest BCUT2D eigenvalue weighted by molar-refractivity contribution is 0.0960. The summed E-state index contributed by atoms with van der Waals surface area (Å²) in [4.78, 5) is 21.3. The van der Waals surface area contributed by atoms with Gasteiger partial charge >= 0.3 is 0 Å². The average molecular weight is 312 g/mol. The van der Waals surface area contributed by atoms with Crippen molar-refractivity contribution < 1.29 is 14.3 Å². The van der Waals surface area contributed by atoms with Crippen LogP contribution in [0.25, 0.3) is 10.3 Å². The predicted octanol–water partition coefficient (Wildman–Crippen LogP) is 3.15. The highest BCUT2D eigenvalue weighted by Crippen LogP contribution is 2.33. The summed E-state index contributed by atoms with van der Waals surface area (Å²) >= 11 is 1.51. The van der Waals surface area contributed by atoms with Crippen LogP contribution in [0, 0.1) is 6.92 Å². The number of hydrogen-bond acceptors (Lipinski definition) is 6. The van der Waals surface area contributed by atoms with E-state index in [2.05, 4.69) is 9.97 Å². The first-order valence-corrected chi connectivity index (χ1v) is 7.66. The molecule has 110 valence electrons. The minimum atomic E-state index is 0.0243. The van der Waals surface area contributed by atoms with Crippen LogP contribution >= 0.6 is 11.3 Å². The molecule has 3 heterocycles. The van der Waals surface area contributed by atoms with Crippen LogP contribution in [0.4, 0.5) is 0 Å². The highest BCUT2D eigenvalue weighted by atomic mass is 32.1. The van der Waals surface area contributed by atoms with Gasteiger partial charge in [-0.05, 0) is 30.7 Å². The molecule has 0 spiro atoms. The Morgan fingerprint density at radius 2 is 2.32 bits per heavy atom. The molecule has 1 aliphatic heterocycles. The van der Waals surface area contributed by atoms with Crippen molar-refractivity contribution in [1.29, 1.82) is 0 Å². The number of rotatable bonds is 3. The lowest BCUT2D eigenvalue weighted by Gasteiger charge is -2.08. The molecule has 0 radical (unpaired) electrons. The molecule has 0 N–H and O–H groups in total. The minimum Gasteiger partial charge on any atom is -0.486 e. The molecule has 6 heteroatoms. The van der Waals surface area contributed by atoms with Crippen LogP contribution < -0.4 is 9.47 Å². The summed E-state index contributed by atoms with van der Waals surface area (Å²) in [6.07, 6.45) is 1.75. The van der Waals surface area contributed by atoms with Gasteiger partial charge in [-0.3, -0.25) is 4.79 Å². The fourth-order valence-electron chi connectivity index (χ4n) is 2.51. The number of pyridine rings is 1. The molecule has 1 aliphatic rings. The number of carbonyl (C=O) groups is 1. The smallest absolute Gasteiger partial charge is 0.204 e. The molecule has 1 aromatic carbocycles. The Balaban J connectivity index is 1.57. The van der Waals surface area contributed by atoms with Gasteiger partial charge in [-0.25, -0.2) is 9.97 Å². The van der Waals surface area contributed by atoms with Crippen LogP contribution in [0.3, 0.4) is 0 Å². The molecule has 0 bridgehead atoms. The van der Waals surface area contributed by atoms with Crippen LogP contribution in [0.5, 0.6) is 11.5 Å². The molecular formula is C16H12N2O3S. The van der Waals surface area contributed by atoms with Gasteiger partial charge in [-0.15, -0.1) is 0 Å². The Labute approximate surface area is 130 Å². The average Bonchev–Trinajstić information content (AvgIpc) is 3.09. The molecule has 4 rings (SSSR count). The second-order valence-electron chi connectivity index (χ2n) is 5.05. The number of Topliss-reactive ketones (excluding diaryl/α,β-unsaturated/α-hetero) is 1. The third-order valence-corrected chi connectivity index (χ3v) is 4.44. The molecule has 0 amide bonds. The monoisotopic (exact) mass is 312 g/mol. The standard InChI is InChI=1S/C16H12N2O3S/c1-9-5-10(6-13-15(9)12(19)7-21-13)20-8-14-18-11-3-2-4-17-16(11)22-14/h2-6H,7-8H2,1H3. The van der Waals surface area contributed by atoms with E-state index in [0.29, 0.717) is 23.7 Å². The molecule has 22 heavy (non-hydrogen) atoms. The second-order valence-corrected chi connectivity index (χ2v) is 6.11. The fraction of sp³-hybridized carbons (Fsp3) is 0.188. The summed E-state index contributed by atoms with van der Waals surface area (Å²) < 4.78 is 11.2. The summed E-state index contributed by atoms with van der Waals surface area (Å²) in [6.45, 7) is 2.37. The largest absolute Gasteiger partial charge is 0.486 e. The van der Waals surface area contributed by atoms with Crippen LogP contribution in [0.15, 0.2) is 30.5 Å². The lowest BCUT2D eigenvalue weighted by atomic mass is 10.1. The van der Waals surface area contributed by atoms with Crippen molar-refractivity contribution >= 4 is 27.5 Å². The Kier molecular flexibility index (Phi) is 3.04. The number of benzene rings is 1. The van der Waals surface area contributed by atoms with Gasteiger partial charge in [0.05, 0.1) is 5.56 Å². The zero-order valence-corrected chi connectivity index (χ0v) is 12.6. The van der Waals surface area contributed by atoms with Crippen LogP contribution in [-0.4, -0.2) is 22.4 Å². The van der Waals surface area contributed by atoms with E-state index in [-0.39, 0.29) is 12.4 Å². The molecule has 0 saturated carbocycles. The van der Waals surface area contributed by atoms with E-state index < -0.39 is 0 Å². The number of ether oxygens (including phenoxy) is 2. The number of carbonyl (C=O) groups excluding carboxylic acids is 1. The van der Waals surface area contributed by atoms with Gasteiger partial charge in [0.1, 0.15) is 33.5 Å². The third kappa shape index (κ3) is 2.21. The Morgan fingerprint density at radius 3 is 3.18 bits per heavy atom. The number of aryl methyl sites for hydroxylation is 1. The predicted molar refractivity (Wildman–Crippen MR) is 82.8 cm³/mol. The molecule has 0 atom stereocenters. The van der Waals surface area contributed by atoms with Gasteiger partial charge in [0.15, 0.2) is 6.61 Å². The number of aromatic nitrogens is 2. The number of nitrogens with zero attached hydrogens (tertiary/aromatic N) is 2. The fourth-order valence-corrected chi connectivity index (χ4v) is 3.33. The maximum atomic E-state index is 11.7. The lowest BCUT2D eigenvalue weighted by Crippen LogP contribution is -2.00. The first-order valence-electron chi connectivity index (χ1n) is 6.84. The van der Waals surface area contributed by atoms with Crippen LogP contribution in [0.2, 0.25) is 0 Å². The van der Waals surface area contributed by atoms with Gasteiger partial charge in [0.2, 0.25) is 5.78 Å². The van der Waals surface area contributed by atoms with Crippen molar-refractivity contribution in [2.24, 2.45) is 0 Å².